The van der Waals surface area contributed by atoms with Gasteiger partial charge in [-0.2, -0.15) is 0 Å². The average molecular weight is 204 g/mol. The summed E-state index contributed by atoms with van der Waals surface area (Å²) in [5, 5.41) is 0.539. The van der Waals surface area contributed by atoms with Crippen LogP contribution in [0.1, 0.15) is 12.0 Å². The van der Waals surface area contributed by atoms with Crippen molar-refractivity contribution < 1.29 is 0 Å². The predicted molar refractivity (Wildman–Crippen MR) is 60.7 cm³/mol. The third kappa shape index (κ3) is 2.12. The highest BCUT2D eigenvalue weighted by Gasteiger charge is 2.03. The first-order valence-electron chi connectivity index (χ1n) is 4.51. The Balaban J connectivity index is 2.36. The fraction of sp³-hybridized carbons (Fsp3) is 0.0833. The Morgan fingerprint density at radius 3 is 2.71 bits per heavy atom. The molecule has 1 nitrogen and oxygen atoms in total. The minimum absolute atomic E-state index is 0.539. The molecule has 1 aliphatic rings. The molecule has 70 valence electrons. The number of rotatable bonds is 1. The van der Waals surface area contributed by atoms with Crippen LogP contribution < -0.4 is 0 Å². The minimum Gasteiger partial charge on any atom is -0.240 e. The van der Waals surface area contributed by atoms with Crippen molar-refractivity contribution in [3.63, 3.8) is 0 Å². The summed E-state index contributed by atoms with van der Waals surface area (Å²) in [7, 11) is 0. The second-order valence-electron chi connectivity index (χ2n) is 3.05. The van der Waals surface area contributed by atoms with E-state index in [0.717, 1.165) is 17.7 Å². The van der Waals surface area contributed by atoms with Gasteiger partial charge < -0.3 is 0 Å². The average Bonchev–Trinajstić information content (AvgIpc) is 2.44. The van der Waals surface area contributed by atoms with Gasteiger partial charge in [0.1, 0.15) is 5.16 Å². The lowest BCUT2D eigenvalue weighted by Gasteiger charge is -2.01. The molecule has 0 N–H and O–H groups in total. The Bertz CT molecular complexity index is 402. The standard InChI is InChI=1S/C12H10ClN/c13-12-9-5-4-8-11(14-12)10-6-2-1-3-7-10/h1-7,9H,8H2. The molecule has 0 fully saturated rings. The summed E-state index contributed by atoms with van der Waals surface area (Å²) in [5.74, 6) is 0. The second kappa shape index (κ2) is 4.25. The van der Waals surface area contributed by atoms with E-state index in [9.17, 15) is 0 Å². The van der Waals surface area contributed by atoms with Crippen LogP contribution in [0.25, 0.3) is 0 Å². The van der Waals surface area contributed by atoms with Gasteiger partial charge in [0, 0.05) is 6.42 Å². The van der Waals surface area contributed by atoms with Crippen molar-refractivity contribution in [2.75, 3.05) is 0 Å². The lowest BCUT2D eigenvalue weighted by atomic mass is 10.1. The Morgan fingerprint density at radius 1 is 1.14 bits per heavy atom. The van der Waals surface area contributed by atoms with E-state index in [1.807, 2.05) is 36.4 Å². The zero-order valence-corrected chi connectivity index (χ0v) is 8.41. The molecule has 0 radical (unpaired) electrons. The quantitative estimate of drug-likeness (QED) is 0.620. The van der Waals surface area contributed by atoms with Crippen LogP contribution >= 0.6 is 11.6 Å². The summed E-state index contributed by atoms with van der Waals surface area (Å²) in [4.78, 5) is 4.33. The summed E-state index contributed by atoms with van der Waals surface area (Å²) in [6.07, 6.45) is 6.62. The number of aliphatic imine (C=N–C) groups is 1. The summed E-state index contributed by atoms with van der Waals surface area (Å²) >= 11 is 5.89. The van der Waals surface area contributed by atoms with E-state index >= 15 is 0 Å². The maximum atomic E-state index is 5.89. The lowest BCUT2D eigenvalue weighted by molar-refractivity contribution is 1.40. The molecule has 0 saturated carbocycles. The fourth-order valence-electron chi connectivity index (χ4n) is 1.35. The summed E-state index contributed by atoms with van der Waals surface area (Å²) in [5.41, 5.74) is 2.14. The molecule has 0 aliphatic carbocycles. The largest absolute Gasteiger partial charge is 0.240 e. The Hall–Kier alpha value is -1.34. The van der Waals surface area contributed by atoms with Crippen molar-refractivity contribution in [3.8, 4) is 0 Å². The summed E-state index contributed by atoms with van der Waals surface area (Å²) in [6, 6.07) is 10.1. The maximum absolute atomic E-state index is 5.89. The smallest absolute Gasteiger partial charge is 0.129 e. The van der Waals surface area contributed by atoms with Crippen LogP contribution in [0, 0.1) is 0 Å². The highest BCUT2D eigenvalue weighted by Crippen LogP contribution is 2.14. The van der Waals surface area contributed by atoms with E-state index in [0.29, 0.717) is 5.16 Å². The van der Waals surface area contributed by atoms with Gasteiger partial charge in [-0.25, -0.2) is 4.99 Å². The van der Waals surface area contributed by atoms with Crippen LogP contribution in [-0.4, -0.2) is 5.71 Å². The molecule has 1 aromatic rings. The monoisotopic (exact) mass is 203 g/mol. The van der Waals surface area contributed by atoms with Gasteiger partial charge in [-0.1, -0.05) is 54.1 Å². The first-order chi connectivity index (χ1) is 6.86. The van der Waals surface area contributed by atoms with E-state index in [-0.39, 0.29) is 0 Å². The van der Waals surface area contributed by atoms with Gasteiger partial charge in [0.25, 0.3) is 0 Å². The zero-order chi connectivity index (χ0) is 9.80. The van der Waals surface area contributed by atoms with E-state index in [1.165, 1.54) is 0 Å². The molecular weight excluding hydrogens is 194 g/mol. The molecule has 1 heterocycles. The van der Waals surface area contributed by atoms with Crippen molar-refractivity contribution in [1.29, 1.82) is 0 Å². The van der Waals surface area contributed by atoms with Crippen LogP contribution in [0.2, 0.25) is 0 Å². The van der Waals surface area contributed by atoms with Gasteiger partial charge >= 0.3 is 0 Å². The third-order valence-electron chi connectivity index (χ3n) is 2.03. The van der Waals surface area contributed by atoms with Gasteiger partial charge in [0.15, 0.2) is 0 Å². The van der Waals surface area contributed by atoms with Gasteiger partial charge in [0.05, 0.1) is 5.71 Å². The van der Waals surface area contributed by atoms with E-state index in [2.05, 4.69) is 11.1 Å². The SMILES string of the molecule is ClC1=CC=CCC(c2ccccc2)=N1. The topological polar surface area (TPSA) is 12.4 Å². The molecule has 14 heavy (non-hydrogen) atoms. The second-order valence-corrected chi connectivity index (χ2v) is 3.43. The molecule has 2 rings (SSSR count). The zero-order valence-electron chi connectivity index (χ0n) is 7.65. The normalized spacial score (nSPS) is 15.8. The Morgan fingerprint density at radius 2 is 1.93 bits per heavy atom. The highest BCUT2D eigenvalue weighted by molar-refractivity contribution is 6.30. The highest BCUT2D eigenvalue weighted by atomic mass is 35.5. The van der Waals surface area contributed by atoms with Crippen LogP contribution in [0.3, 0.4) is 0 Å². The van der Waals surface area contributed by atoms with Crippen molar-refractivity contribution >= 4 is 17.3 Å². The summed E-state index contributed by atoms with van der Waals surface area (Å²) < 4.78 is 0. The molecule has 0 unspecified atom stereocenters. The van der Waals surface area contributed by atoms with E-state index < -0.39 is 0 Å². The fourth-order valence-corrected chi connectivity index (χ4v) is 1.53. The Labute approximate surface area is 88.4 Å². The molecule has 2 heteroatoms. The Kier molecular flexibility index (Phi) is 2.80. The number of hydrogen-bond donors (Lipinski definition) is 0. The van der Waals surface area contributed by atoms with Crippen LogP contribution in [-0.2, 0) is 0 Å². The third-order valence-corrected chi connectivity index (χ3v) is 2.24. The first kappa shape index (κ1) is 9.22. The van der Waals surface area contributed by atoms with E-state index in [1.54, 1.807) is 6.08 Å². The van der Waals surface area contributed by atoms with Gasteiger partial charge in [0.2, 0.25) is 0 Å². The van der Waals surface area contributed by atoms with Crippen molar-refractivity contribution in [2.45, 2.75) is 6.42 Å². The predicted octanol–water partition coefficient (Wildman–Crippen LogP) is 3.52. The van der Waals surface area contributed by atoms with Gasteiger partial charge in [-0.15, -0.1) is 0 Å². The molecule has 1 aliphatic heterocycles. The van der Waals surface area contributed by atoms with Gasteiger partial charge in [-0.3, -0.25) is 0 Å². The number of halogens is 1. The number of allylic oxidation sites excluding steroid dienone is 3. The lowest BCUT2D eigenvalue weighted by Crippen LogP contribution is -1.98. The van der Waals surface area contributed by atoms with Crippen molar-refractivity contribution in [3.05, 3.63) is 59.3 Å². The molecule has 0 bridgehead atoms. The number of hydrogen-bond acceptors (Lipinski definition) is 1. The van der Waals surface area contributed by atoms with Crippen molar-refractivity contribution in [1.82, 2.24) is 0 Å². The number of nitrogens with zero attached hydrogens (tertiary/aromatic N) is 1. The summed E-state index contributed by atoms with van der Waals surface area (Å²) in [6.45, 7) is 0. The molecule has 0 saturated heterocycles. The first-order valence-corrected chi connectivity index (χ1v) is 4.89. The van der Waals surface area contributed by atoms with E-state index in [4.69, 9.17) is 11.6 Å². The number of benzene rings is 1. The molecular formula is C12H10ClN. The molecule has 0 aromatic heterocycles. The molecule has 0 atom stereocenters. The maximum Gasteiger partial charge on any atom is 0.129 e. The molecule has 0 spiro atoms. The minimum atomic E-state index is 0.539. The molecule has 0 amide bonds. The molecule has 1 aromatic carbocycles. The van der Waals surface area contributed by atoms with Crippen LogP contribution in [0.5, 0.6) is 0 Å². The van der Waals surface area contributed by atoms with Crippen molar-refractivity contribution in [2.24, 2.45) is 4.99 Å². The van der Waals surface area contributed by atoms with Gasteiger partial charge in [-0.05, 0) is 11.6 Å². The van der Waals surface area contributed by atoms with Crippen LogP contribution in [0.4, 0.5) is 0 Å². The van der Waals surface area contributed by atoms with Crippen LogP contribution in [0.15, 0.2) is 58.7 Å².